The van der Waals surface area contributed by atoms with Crippen LogP contribution in [0.1, 0.15) is 36.1 Å². The van der Waals surface area contributed by atoms with E-state index in [0.29, 0.717) is 11.2 Å². The molecule has 0 aliphatic carbocycles. The Labute approximate surface area is 186 Å². The summed E-state index contributed by atoms with van der Waals surface area (Å²) in [6.45, 7) is 4.61. The highest BCUT2D eigenvalue weighted by Crippen LogP contribution is 2.27. The van der Waals surface area contributed by atoms with E-state index in [4.69, 9.17) is 0 Å². The zero-order chi connectivity index (χ0) is 22.0. The van der Waals surface area contributed by atoms with Crippen molar-refractivity contribution in [3.05, 3.63) is 99.2 Å². The molecule has 31 heavy (non-hydrogen) atoms. The fourth-order valence-electron chi connectivity index (χ4n) is 3.70. The fourth-order valence-corrected chi connectivity index (χ4v) is 5.97. The highest BCUT2D eigenvalue weighted by Gasteiger charge is 2.24. The van der Waals surface area contributed by atoms with Gasteiger partial charge in [-0.25, -0.2) is 8.42 Å². The summed E-state index contributed by atoms with van der Waals surface area (Å²) in [4.78, 5) is 12.4. The number of fused-ring (bicyclic) bond motifs is 1. The van der Waals surface area contributed by atoms with E-state index in [1.54, 1.807) is 22.8 Å². The lowest BCUT2D eigenvalue weighted by Gasteiger charge is -2.20. The number of nitrogens with one attached hydrogen (secondary N) is 1. The van der Waals surface area contributed by atoms with Crippen LogP contribution in [0.4, 0.5) is 0 Å². The maximum Gasteiger partial charge on any atom is 0.308 e. The van der Waals surface area contributed by atoms with Gasteiger partial charge in [0, 0.05) is 6.54 Å². The minimum atomic E-state index is -3.83. The molecule has 1 atom stereocenters. The minimum Gasteiger partial charge on any atom is -0.299 e. The molecule has 0 spiro atoms. The van der Waals surface area contributed by atoms with Crippen molar-refractivity contribution < 1.29 is 8.42 Å². The van der Waals surface area contributed by atoms with E-state index in [1.165, 1.54) is 0 Å². The van der Waals surface area contributed by atoms with Crippen molar-refractivity contribution in [2.45, 2.75) is 37.8 Å². The first kappa shape index (κ1) is 21.5. The molecule has 4 rings (SSSR count). The maximum atomic E-state index is 13.3. The second-order valence-corrected chi connectivity index (χ2v) is 10.2. The number of aryl methyl sites for hydroxylation is 2. The summed E-state index contributed by atoms with van der Waals surface area (Å²) in [5.74, 6) is 0. The van der Waals surface area contributed by atoms with Gasteiger partial charge in [-0.05, 0) is 42.7 Å². The Morgan fingerprint density at radius 3 is 2.42 bits per heavy atom. The van der Waals surface area contributed by atoms with Crippen LogP contribution in [0.5, 0.6) is 0 Å². The minimum absolute atomic E-state index is 0.0683. The maximum absolute atomic E-state index is 13.3. The van der Waals surface area contributed by atoms with Gasteiger partial charge in [0.05, 0.1) is 21.2 Å². The molecule has 0 bridgehead atoms. The Bertz CT molecular complexity index is 1370. The van der Waals surface area contributed by atoms with Gasteiger partial charge in [0.2, 0.25) is 10.0 Å². The lowest BCUT2D eigenvalue weighted by Crippen LogP contribution is -2.29. The van der Waals surface area contributed by atoms with Crippen molar-refractivity contribution in [1.82, 2.24) is 9.29 Å². The molecular formula is C24H24N2O3S2. The highest BCUT2D eigenvalue weighted by atomic mass is 32.2. The zero-order valence-electron chi connectivity index (χ0n) is 17.4. The van der Waals surface area contributed by atoms with Crippen LogP contribution >= 0.6 is 11.3 Å². The number of hydrogen-bond acceptors (Lipinski definition) is 4. The van der Waals surface area contributed by atoms with E-state index in [0.717, 1.165) is 40.0 Å². The van der Waals surface area contributed by atoms with Gasteiger partial charge in [-0.3, -0.25) is 9.36 Å². The van der Waals surface area contributed by atoms with E-state index in [-0.39, 0.29) is 9.77 Å². The fraction of sp³-hybridized carbons (Fsp3) is 0.208. The molecule has 7 heteroatoms. The van der Waals surface area contributed by atoms with Crippen LogP contribution in [0.2, 0.25) is 0 Å². The molecule has 1 heterocycles. The van der Waals surface area contributed by atoms with Crippen LogP contribution < -0.4 is 9.60 Å². The molecule has 160 valence electrons. The largest absolute Gasteiger partial charge is 0.308 e. The van der Waals surface area contributed by atoms with Crippen LogP contribution in [0, 0.1) is 6.92 Å². The molecule has 0 aliphatic rings. The molecule has 0 saturated carbocycles. The Kier molecular flexibility index (Phi) is 6.09. The molecule has 4 aromatic rings. The van der Waals surface area contributed by atoms with E-state index >= 15 is 0 Å². The zero-order valence-corrected chi connectivity index (χ0v) is 19.0. The van der Waals surface area contributed by atoms with Gasteiger partial charge in [-0.15, -0.1) is 0 Å². The number of aromatic nitrogens is 1. The Morgan fingerprint density at radius 1 is 0.968 bits per heavy atom. The summed E-state index contributed by atoms with van der Waals surface area (Å²) in [6.07, 6.45) is 0.836. The highest BCUT2D eigenvalue weighted by molar-refractivity contribution is 7.89. The summed E-state index contributed by atoms with van der Waals surface area (Å²) in [5, 5.41) is 0. The van der Waals surface area contributed by atoms with Gasteiger partial charge >= 0.3 is 4.87 Å². The molecule has 1 N–H and O–H groups in total. The molecule has 3 aromatic carbocycles. The average Bonchev–Trinajstić information content (AvgIpc) is 3.07. The van der Waals surface area contributed by atoms with E-state index in [2.05, 4.69) is 4.72 Å². The second-order valence-electron chi connectivity index (χ2n) is 7.53. The lowest BCUT2D eigenvalue weighted by atomic mass is 9.98. The van der Waals surface area contributed by atoms with Crippen molar-refractivity contribution in [2.75, 3.05) is 0 Å². The smallest absolute Gasteiger partial charge is 0.299 e. The summed E-state index contributed by atoms with van der Waals surface area (Å²) >= 11 is 1.08. The average molecular weight is 453 g/mol. The van der Waals surface area contributed by atoms with E-state index < -0.39 is 16.1 Å². The summed E-state index contributed by atoms with van der Waals surface area (Å²) < 4.78 is 31.9. The molecule has 1 aromatic heterocycles. The van der Waals surface area contributed by atoms with Crippen LogP contribution in [0.3, 0.4) is 0 Å². The molecule has 0 fully saturated rings. The molecular weight excluding hydrogens is 428 g/mol. The monoisotopic (exact) mass is 452 g/mol. The van der Waals surface area contributed by atoms with Gasteiger partial charge < -0.3 is 0 Å². The number of benzene rings is 3. The van der Waals surface area contributed by atoms with Gasteiger partial charge in [0.15, 0.2) is 0 Å². The van der Waals surface area contributed by atoms with Gasteiger partial charge in [0.1, 0.15) is 0 Å². The van der Waals surface area contributed by atoms with Crippen molar-refractivity contribution >= 4 is 31.6 Å². The number of thiazole rings is 1. The first-order chi connectivity index (χ1) is 14.9. The van der Waals surface area contributed by atoms with Gasteiger partial charge in [-0.1, -0.05) is 78.4 Å². The second kappa shape index (κ2) is 8.78. The van der Waals surface area contributed by atoms with Crippen LogP contribution in [-0.2, 0) is 16.6 Å². The topological polar surface area (TPSA) is 68.2 Å². The Hall–Kier alpha value is -2.74. The molecule has 0 amide bonds. The lowest BCUT2D eigenvalue weighted by molar-refractivity contribution is 0.572. The summed E-state index contributed by atoms with van der Waals surface area (Å²) in [7, 11) is -3.83. The standard InChI is InChI=1S/C24H24N2O3S2/c1-3-14-26-21-13-12-20(16-22(21)30-24(26)27)31(28,29)25-23(18-9-5-4-6-10-18)19-11-7-8-17(2)15-19/h4-13,15-16,23,25H,3,14H2,1-2H3/t23-/m1/s1. The van der Waals surface area contributed by atoms with E-state index in [9.17, 15) is 13.2 Å². The third kappa shape index (κ3) is 4.49. The van der Waals surface area contributed by atoms with Gasteiger partial charge in [0.25, 0.3) is 0 Å². The quantitative estimate of drug-likeness (QED) is 0.436. The first-order valence-corrected chi connectivity index (χ1v) is 12.5. The molecule has 0 radical (unpaired) electrons. The van der Waals surface area contributed by atoms with Gasteiger partial charge in [-0.2, -0.15) is 4.72 Å². The van der Waals surface area contributed by atoms with Crippen LogP contribution in [0.15, 0.2) is 82.5 Å². The first-order valence-electron chi connectivity index (χ1n) is 10.2. The number of rotatable bonds is 7. The predicted octanol–water partition coefficient (Wildman–Crippen LogP) is 4.85. The SMILES string of the molecule is CCCn1c(=O)sc2cc(S(=O)(=O)N[C@H](c3ccccc3)c3cccc(C)c3)ccc21. The number of sulfonamides is 1. The van der Waals surface area contributed by atoms with Crippen molar-refractivity contribution in [3.63, 3.8) is 0 Å². The molecule has 0 saturated heterocycles. The van der Waals surface area contributed by atoms with Crippen LogP contribution in [0.25, 0.3) is 10.2 Å². The number of hydrogen-bond donors (Lipinski definition) is 1. The Morgan fingerprint density at radius 2 is 1.71 bits per heavy atom. The third-order valence-electron chi connectivity index (χ3n) is 5.18. The molecule has 0 unspecified atom stereocenters. The van der Waals surface area contributed by atoms with E-state index in [1.807, 2.05) is 68.4 Å². The predicted molar refractivity (Wildman–Crippen MR) is 126 cm³/mol. The van der Waals surface area contributed by atoms with Crippen molar-refractivity contribution in [2.24, 2.45) is 0 Å². The molecule has 5 nitrogen and oxygen atoms in total. The summed E-state index contributed by atoms with van der Waals surface area (Å²) in [6, 6.07) is 21.7. The third-order valence-corrected chi connectivity index (χ3v) is 7.54. The summed E-state index contributed by atoms with van der Waals surface area (Å²) in [5.41, 5.74) is 3.56. The normalized spacial score (nSPS) is 12.8. The molecule has 0 aliphatic heterocycles. The Balaban J connectivity index is 1.75. The van der Waals surface area contributed by atoms with Crippen molar-refractivity contribution in [3.8, 4) is 0 Å². The van der Waals surface area contributed by atoms with Crippen LogP contribution in [-0.4, -0.2) is 13.0 Å². The number of nitrogens with zero attached hydrogens (tertiary/aromatic N) is 1. The van der Waals surface area contributed by atoms with Crippen molar-refractivity contribution in [1.29, 1.82) is 0 Å².